The highest BCUT2D eigenvalue weighted by atomic mass is 19.1. The lowest BCUT2D eigenvalue weighted by atomic mass is 10.1. The molecule has 0 saturated carbocycles. The molecule has 1 heterocycles. The van der Waals surface area contributed by atoms with Gasteiger partial charge in [0, 0.05) is 29.2 Å². The van der Waals surface area contributed by atoms with Gasteiger partial charge in [-0.05, 0) is 35.7 Å². The second kappa shape index (κ2) is 6.62. The normalized spacial score (nSPS) is 10.9. The molecule has 0 aliphatic heterocycles. The molecule has 2 aromatic carbocycles. The van der Waals surface area contributed by atoms with Crippen molar-refractivity contribution in [2.75, 3.05) is 6.54 Å². The molecule has 2 N–H and O–H groups in total. The number of hydrogen-bond donors (Lipinski definition) is 2. The van der Waals surface area contributed by atoms with Crippen molar-refractivity contribution >= 4 is 16.8 Å². The molecule has 1 amide bonds. The third-order valence-electron chi connectivity index (χ3n) is 3.83. The summed E-state index contributed by atoms with van der Waals surface area (Å²) in [4.78, 5) is 15.3. The molecule has 3 aromatic rings. The van der Waals surface area contributed by atoms with Crippen LogP contribution in [-0.2, 0) is 18.1 Å². The maximum absolute atomic E-state index is 13.3. The Hall–Kier alpha value is -2.66. The standard InChI is InChI=1S/C18H16FN2O2/c19-14-6-5-13(11-22)16(9-14)18(23)20-8-7-12-10-21-17-4-2-1-3-15(12)17/h1-6,9-10,21H,7-8,11H2,(H,20,23). The minimum atomic E-state index is -0.550. The van der Waals surface area contributed by atoms with Crippen LogP contribution in [-0.4, -0.2) is 17.4 Å². The number of rotatable bonds is 5. The molecule has 1 aromatic heterocycles. The number of carbonyl (C=O) groups excluding carboxylic acids is 1. The number of halogens is 1. The van der Waals surface area contributed by atoms with Gasteiger partial charge in [0.25, 0.3) is 5.91 Å². The summed E-state index contributed by atoms with van der Waals surface area (Å²) in [7, 11) is 0. The third kappa shape index (κ3) is 3.24. The van der Waals surface area contributed by atoms with Crippen molar-refractivity contribution in [1.82, 2.24) is 10.3 Å². The van der Waals surface area contributed by atoms with E-state index in [1.54, 1.807) is 0 Å². The van der Waals surface area contributed by atoms with E-state index in [4.69, 9.17) is 0 Å². The van der Waals surface area contributed by atoms with Gasteiger partial charge < -0.3 is 10.3 Å². The van der Waals surface area contributed by atoms with E-state index in [9.17, 15) is 14.3 Å². The van der Waals surface area contributed by atoms with Crippen LogP contribution in [0.5, 0.6) is 0 Å². The van der Waals surface area contributed by atoms with Gasteiger partial charge in [-0.3, -0.25) is 4.79 Å². The lowest BCUT2D eigenvalue weighted by Gasteiger charge is -2.08. The first-order valence-corrected chi connectivity index (χ1v) is 7.39. The van der Waals surface area contributed by atoms with Gasteiger partial charge in [-0.2, -0.15) is 0 Å². The van der Waals surface area contributed by atoms with Crippen LogP contribution in [0.4, 0.5) is 4.39 Å². The fourth-order valence-electron chi connectivity index (χ4n) is 2.63. The molecule has 0 saturated heterocycles. The zero-order chi connectivity index (χ0) is 16.2. The molecular formula is C18H16FN2O2. The van der Waals surface area contributed by atoms with Gasteiger partial charge in [-0.25, -0.2) is 9.50 Å². The lowest BCUT2D eigenvalue weighted by molar-refractivity contribution is 0.0947. The van der Waals surface area contributed by atoms with E-state index in [2.05, 4.69) is 10.3 Å². The summed E-state index contributed by atoms with van der Waals surface area (Å²) in [5, 5.41) is 14.9. The predicted octanol–water partition coefficient (Wildman–Crippen LogP) is 3.21. The number of amides is 1. The molecule has 5 heteroatoms. The van der Waals surface area contributed by atoms with E-state index in [0.717, 1.165) is 22.5 Å². The monoisotopic (exact) mass is 311 g/mol. The molecule has 0 fully saturated rings. The van der Waals surface area contributed by atoms with E-state index < -0.39 is 18.3 Å². The highest BCUT2D eigenvalue weighted by molar-refractivity contribution is 5.95. The number of hydrogen-bond acceptors (Lipinski definition) is 1. The summed E-state index contributed by atoms with van der Waals surface area (Å²) in [6, 6.07) is 11.6. The van der Waals surface area contributed by atoms with Crippen LogP contribution in [0, 0.1) is 5.82 Å². The van der Waals surface area contributed by atoms with Crippen LogP contribution in [0.25, 0.3) is 10.9 Å². The van der Waals surface area contributed by atoms with Gasteiger partial charge >= 0.3 is 0 Å². The highest BCUT2D eigenvalue weighted by Gasteiger charge is 2.12. The quantitative estimate of drug-likeness (QED) is 0.746. The van der Waals surface area contributed by atoms with Gasteiger partial charge in [0.15, 0.2) is 0 Å². The Morgan fingerprint density at radius 3 is 2.78 bits per heavy atom. The summed E-state index contributed by atoms with van der Waals surface area (Å²) in [6.07, 6.45) is 2.57. The van der Waals surface area contributed by atoms with Crippen LogP contribution in [0.2, 0.25) is 0 Å². The van der Waals surface area contributed by atoms with Crippen molar-refractivity contribution in [2.45, 2.75) is 13.0 Å². The predicted molar refractivity (Wildman–Crippen MR) is 85.1 cm³/mol. The number of carbonyl (C=O) groups is 1. The fourth-order valence-corrected chi connectivity index (χ4v) is 2.63. The Labute approximate surface area is 133 Å². The Morgan fingerprint density at radius 2 is 1.96 bits per heavy atom. The molecule has 0 aliphatic rings. The number of para-hydroxylation sites is 1. The van der Waals surface area contributed by atoms with Gasteiger partial charge in [-0.1, -0.05) is 24.3 Å². The zero-order valence-corrected chi connectivity index (χ0v) is 12.4. The van der Waals surface area contributed by atoms with Crippen LogP contribution in [0.1, 0.15) is 21.5 Å². The topological polar surface area (TPSA) is 64.8 Å². The Balaban J connectivity index is 1.67. The lowest BCUT2D eigenvalue weighted by Crippen LogP contribution is -2.26. The second-order valence-electron chi connectivity index (χ2n) is 5.31. The Kier molecular flexibility index (Phi) is 4.39. The van der Waals surface area contributed by atoms with E-state index in [1.165, 1.54) is 12.1 Å². The molecule has 0 atom stereocenters. The molecule has 3 rings (SSSR count). The summed E-state index contributed by atoms with van der Waals surface area (Å²) in [6.45, 7) is -0.138. The second-order valence-corrected chi connectivity index (χ2v) is 5.31. The van der Waals surface area contributed by atoms with Crippen molar-refractivity contribution in [2.24, 2.45) is 0 Å². The molecule has 23 heavy (non-hydrogen) atoms. The van der Waals surface area contributed by atoms with Crippen LogP contribution < -0.4 is 5.32 Å². The maximum Gasteiger partial charge on any atom is 0.251 e. The summed E-state index contributed by atoms with van der Waals surface area (Å²) < 4.78 is 13.3. The number of benzene rings is 2. The van der Waals surface area contributed by atoms with Crippen molar-refractivity contribution in [3.05, 3.63) is 71.2 Å². The average molecular weight is 311 g/mol. The Morgan fingerprint density at radius 1 is 1.13 bits per heavy atom. The van der Waals surface area contributed by atoms with E-state index in [1.807, 2.05) is 30.5 Å². The summed E-state index contributed by atoms with van der Waals surface area (Å²) >= 11 is 0. The number of nitrogens with one attached hydrogen (secondary N) is 2. The number of aromatic amines is 1. The van der Waals surface area contributed by atoms with Gasteiger partial charge in [0.2, 0.25) is 0 Å². The van der Waals surface area contributed by atoms with E-state index >= 15 is 0 Å². The molecule has 117 valence electrons. The first-order valence-electron chi connectivity index (χ1n) is 7.39. The molecular weight excluding hydrogens is 295 g/mol. The van der Waals surface area contributed by atoms with Crippen molar-refractivity contribution in [3.8, 4) is 0 Å². The molecule has 0 bridgehead atoms. The van der Waals surface area contributed by atoms with E-state index in [-0.39, 0.29) is 5.56 Å². The highest BCUT2D eigenvalue weighted by Crippen LogP contribution is 2.18. The first-order chi connectivity index (χ1) is 11.2. The summed E-state index contributed by atoms with van der Waals surface area (Å²) in [5.74, 6) is -0.945. The third-order valence-corrected chi connectivity index (χ3v) is 3.83. The largest absolute Gasteiger partial charge is 0.361 e. The van der Waals surface area contributed by atoms with Gasteiger partial charge in [0.1, 0.15) is 12.4 Å². The fraction of sp³-hybridized carbons (Fsp3) is 0.167. The molecule has 0 unspecified atom stereocenters. The Bertz CT molecular complexity index is 842. The first kappa shape index (κ1) is 15.2. The molecule has 4 nitrogen and oxygen atoms in total. The van der Waals surface area contributed by atoms with Gasteiger partial charge in [0.05, 0.1) is 0 Å². The zero-order valence-electron chi connectivity index (χ0n) is 12.4. The van der Waals surface area contributed by atoms with Crippen LogP contribution in [0.3, 0.4) is 0 Å². The maximum atomic E-state index is 13.3. The average Bonchev–Trinajstić information content (AvgIpc) is 2.98. The minimum Gasteiger partial charge on any atom is -0.361 e. The smallest absolute Gasteiger partial charge is 0.251 e. The van der Waals surface area contributed by atoms with Crippen molar-refractivity contribution in [1.29, 1.82) is 0 Å². The van der Waals surface area contributed by atoms with E-state index in [0.29, 0.717) is 18.5 Å². The van der Waals surface area contributed by atoms with Crippen LogP contribution >= 0.6 is 0 Å². The number of fused-ring (bicyclic) bond motifs is 1. The molecule has 0 spiro atoms. The number of aromatic nitrogens is 1. The molecule has 0 aliphatic carbocycles. The summed E-state index contributed by atoms with van der Waals surface area (Å²) in [5.41, 5.74) is 2.56. The van der Waals surface area contributed by atoms with Crippen molar-refractivity contribution in [3.63, 3.8) is 0 Å². The SMILES string of the molecule is [O]Cc1ccc(F)cc1C(=O)NCCc1c[nH]c2ccccc12. The van der Waals surface area contributed by atoms with Crippen LogP contribution in [0.15, 0.2) is 48.7 Å². The number of H-pyrrole nitrogens is 1. The minimum absolute atomic E-state index is 0.110. The van der Waals surface area contributed by atoms with Crippen molar-refractivity contribution < 1.29 is 14.3 Å². The molecule has 1 radical (unpaired) electrons. The van der Waals surface area contributed by atoms with Gasteiger partial charge in [-0.15, -0.1) is 0 Å².